The first-order valence-electron chi connectivity index (χ1n) is 7.49. The summed E-state index contributed by atoms with van der Waals surface area (Å²) in [6.45, 7) is 4.21. The predicted molar refractivity (Wildman–Crippen MR) is 90.1 cm³/mol. The fraction of sp³-hybridized carbons (Fsp3) is 0.412. The van der Waals surface area contributed by atoms with E-state index in [4.69, 9.17) is 0 Å². The summed E-state index contributed by atoms with van der Waals surface area (Å²) in [5, 5.41) is 0. The van der Waals surface area contributed by atoms with E-state index in [1.165, 1.54) is 25.7 Å². The smallest absolute Gasteiger partial charge is 0.132 e. The highest BCUT2D eigenvalue weighted by Gasteiger charge is 2.13. The van der Waals surface area contributed by atoms with Gasteiger partial charge in [-0.2, -0.15) is 0 Å². The molecule has 0 spiro atoms. The Hall–Kier alpha value is -1.61. The number of halogens is 1. The second kappa shape index (κ2) is 7.41. The Morgan fingerprint density at radius 3 is 2.24 bits per heavy atom. The molecule has 0 atom stereocenters. The van der Waals surface area contributed by atoms with Crippen molar-refractivity contribution in [3.05, 3.63) is 42.2 Å². The van der Waals surface area contributed by atoms with Crippen LogP contribution in [0.15, 0.2) is 36.4 Å². The van der Waals surface area contributed by atoms with Crippen LogP contribution >= 0.6 is 12.4 Å². The molecule has 0 radical (unpaired) electrons. The third kappa shape index (κ3) is 3.94. The van der Waals surface area contributed by atoms with E-state index in [-0.39, 0.29) is 12.4 Å². The number of rotatable bonds is 2. The number of hydrogen-bond donors (Lipinski definition) is 0. The van der Waals surface area contributed by atoms with E-state index in [0.717, 1.165) is 36.0 Å². The van der Waals surface area contributed by atoms with E-state index in [9.17, 15) is 0 Å². The van der Waals surface area contributed by atoms with Gasteiger partial charge in [0.1, 0.15) is 11.6 Å². The van der Waals surface area contributed by atoms with Crippen molar-refractivity contribution in [3.8, 4) is 11.3 Å². The molecule has 2 heterocycles. The average Bonchev–Trinajstić information content (AvgIpc) is 2.77. The highest BCUT2D eigenvalue weighted by Crippen LogP contribution is 2.23. The lowest BCUT2D eigenvalue weighted by Crippen LogP contribution is -2.25. The molecule has 4 heteroatoms. The van der Waals surface area contributed by atoms with Gasteiger partial charge in [0, 0.05) is 24.7 Å². The Balaban J connectivity index is 0.00000161. The zero-order valence-electron chi connectivity index (χ0n) is 12.5. The van der Waals surface area contributed by atoms with E-state index in [2.05, 4.69) is 45.2 Å². The summed E-state index contributed by atoms with van der Waals surface area (Å²) in [5.74, 6) is 1.93. The second-order valence-electron chi connectivity index (χ2n) is 5.43. The largest absolute Gasteiger partial charge is 0.356 e. The monoisotopic (exact) mass is 303 g/mol. The molecule has 3 nitrogen and oxygen atoms in total. The minimum atomic E-state index is 0. The first-order valence-corrected chi connectivity index (χ1v) is 7.49. The number of aromatic nitrogens is 2. The molecule has 0 unspecified atom stereocenters. The van der Waals surface area contributed by atoms with Crippen LogP contribution in [0.4, 0.5) is 5.82 Å². The Morgan fingerprint density at radius 2 is 1.57 bits per heavy atom. The first-order chi connectivity index (χ1) is 9.83. The van der Waals surface area contributed by atoms with Crippen molar-refractivity contribution in [2.45, 2.75) is 32.6 Å². The Bertz CT molecular complexity index is 564. The fourth-order valence-electron chi connectivity index (χ4n) is 2.77. The summed E-state index contributed by atoms with van der Waals surface area (Å²) < 4.78 is 0. The Labute approximate surface area is 132 Å². The molecule has 0 bridgehead atoms. The summed E-state index contributed by atoms with van der Waals surface area (Å²) in [6.07, 6.45) is 5.21. The SMILES string of the molecule is Cc1nc(-c2ccccc2)cc(N2CCCCCC2)n1.Cl. The molecule has 1 fully saturated rings. The summed E-state index contributed by atoms with van der Waals surface area (Å²) in [4.78, 5) is 11.6. The van der Waals surface area contributed by atoms with Crippen molar-refractivity contribution in [2.24, 2.45) is 0 Å². The van der Waals surface area contributed by atoms with Crippen LogP contribution in [0.5, 0.6) is 0 Å². The number of nitrogens with zero attached hydrogens (tertiary/aromatic N) is 3. The normalized spacial score (nSPS) is 15.2. The first kappa shape index (κ1) is 15.8. The standard InChI is InChI=1S/C17H21N3.ClH/c1-14-18-16(15-9-5-4-6-10-15)13-17(19-14)20-11-7-2-3-8-12-20;/h4-6,9-10,13H,2-3,7-8,11-12H2,1H3;1H. The molecule has 21 heavy (non-hydrogen) atoms. The topological polar surface area (TPSA) is 29.0 Å². The van der Waals surface area contributed by atoms with Crippen LogP contribution in [0.25, 0.3) is 11.3 Å². The van der Waals surface area contributed by atoms with Crippen LogP contribution in [0.2, 0.25) is 0 Å². The van der Waals surface area contributed by atoms with Crippen LogP contribution in [0, 0.1) is 6.92 Å². The number of aryl methyl sites for hydroxylation is 1. The molecule has 1 aliphatic rings. The van der Waals surface area contributed by atoms with Gasteiger partial charge < -0.3 is 4.90 Å². The van der Waals surface area contributed by atoms with Crippen LogP contribution in [-0.4, -0.2) is 23.1 Å². The maximum Gasteiger partial charge on any atom is 0.132 e. The van der Waals surface area contributed by atoms with Gasteiger partial charge in [-0.15, -0.1) is 12.4 Å². The molecule has 3 rings (SSSR count). The zero-order chi connectivity index (χ0) is 13.8. The molecule has 1 aliphatic heterocycles. The Kier molecular flexibility index (Phi) is 5.57. The van der Waals surface area contributed by atoms with Crippen molar-refractivity contribution < 1.29 is 0 Å². The zero-order valence-corrected chi connectivity index (χ0v) is 13.3. The van der Waals surface area contributed by atoms with Gasteiger partial charge in [-0.25, -0.2) is 9.97 Å². The lowest BCUT2D eigenvalue weighted by Gasteiger charge is -2.22. The molecular weight excluding hydrogens is 282 g/mol. The third-order valence-electron chi connectivity index (χ3n) is 3.82. The number of anilines is 1. The van der Waals surface area contributed by atoms with E-state index in [1.54, 1.807) is 0 Å². The second-order valence-corrected chi connectivity index (χ2v) is 5.43. The van der Waals surface area contributed by atoms with Crippen molar-refractivity contribution in [1.82, 2.24) is 9.97 Å². The Morgan fingerprint density at radius 1 is 0.905 bits per heavy atom. The summed E-state index contributed by atoms with van der Waals surface area (Å²) in [5.41, 5.74) is 2.19. The molecule has 0 N–H and O–H groups in total. The van der Waals surface area contributed by atoms with E-state index < -0.39 is 0 Å². The van der Waals surface area contributed by atoms with Crippen LogP contribution < -0.4 is 4.90 Å². The summed E-state index contributed by atoms with van der Waals surface area (Å²) >= 11 is 0. The van der Waals surface area contributed by atoms with E-state index >= 15 is 0 Å². The van der Waals surface area contributed by atoms with Crippen molar-refractivity contribution >= 4 is 18.2 Å². The van der Waals surface area contributed by atoms with Gasteiger partial charge in [0.2, 0.25) is 0 Å². The maximum absolute atomic E-state index is 4.64. The highest BCUT2D eigenvalue weighted by molar-refractivity contribution is 5.85. The van der Waals surface area contributed by atoms with E-state index in [1.807, 2.05) is 13.0 Å². The number of hydrogen-bond acceptors (Lipinski definition) is 3. The minimum absolute atomic E-state index is 0. The van der Waals surface area contributed by atoms with Crippen molar-refractivity contribution in [3.63, 3.8) is 0 Å². The molecule has 0 amide bonds. The molecule has 1 saturated heterocycles. The molecule has 2 aromatic rings. The van der Waals surface area contributed by atoms with Gasteiger partial charge in [-0.3, -0.25) is 0 Å². The van der Waals surface area contributed by atoms with E-state index in [0.29, 0.717) is 0 Å². The van der Waals surface area contributed by atoms with Gasteiger partial charge in [-0.1, -0.05) is 43.2 Å². The fourth-order valence-corrected chi connectivity index (χ4v) is 2.77. The quantitative estimate of drug-likeness (QED) is 0.830. The molecule has 1 aromatic carbocycles. The molecule has 0 saturated carbocycles. The summed E-state index contributed by atoms with van der Waals surface area (Å²) in [7, 11) is 0. The molecule has 112 valence electrons. The molecule has 0 aliphatic carbocycles. The van der Waals surface area contributed by atoms with Crippen molar-refractivity contribution in [1.29, 1.82) is 0 Å². The van der Waals surface area contributed by atoms with Crippen LogP contribution in [0.3, 0.4) is 0 Å². The lowest BCUT2D eigenvalue weighted by atomic mass is 10.1. The van der Waals surface area contributed by atoms with Gasteiger partial charge in [0.05, 0.1) is 5.69 Å². The predicted octanol–water partition coefficient (Wildman–Crippen LogP) is 4.25. The van der Waals surface area contributed by atoms with Crippen molar-refractivity contribution in [2.75, 3.05) is 18.0 Å². The molecular formula is C17H22ClN3. The highest BCUT2D eigenvalue weighted by atomic mass is 35.5. The van der Waals surface area contributed by atoms with Gasteiger partial charge >= 0.3 is 0 Å². The van der Waals surface area contributed by atoms with Crippen LogP contribution in [-0.2, 0) is 0 Å². The average molecular weight is 304 g/mol. The number of benzene rings is 1. The third-order valence-corrected chi connectivity index (χ3v) is 3.82. The van der Waals surface area contributed by atoms with Gasteiger partial charge in [0.15, 0.2) is 0 Å². The molecule has 1 aromatic heterocycles. The van der Waals surface area contributed by atoms with Gasteiger partial charge in [-0.05, 0) is 19.8 Å². The summed E-state index contributed by atoms with van der Waals surface area (Å²) in [6, 6.07) is 12.5. The maximum atomic E-state index is 4.64. The van der Waals surface area contributed by atoms with Crippen LogP contribution in [0.1, 0.15) is 31.5 Å². The van der Waals surface area contributed by atoms with Gasteiger partial charge in [0.25, 0.3) is 0 Å². The lowest BCUT2D eigenvalue weighted by molar-refractivity contribution is 0.726. The minimum Gasteiger partial charge on any atom is -0.356 e.